The lowest BCUT2D eigenvalue weighted by molar-refractivity contribution is -0.147. The molecule has 0 unspecified atom stereocenters. The number of nitrogens with one attached hydrogen (secondary N) is 1. The van der Waals surface area contributed by atoms with E-state index in [-0.39, 0.29) is 5.78 Å². The Morgan fingerprint density at radius 3 is 2.79 bits per heavy atom. The second-order valence-corrected chi connectivity index (χ2v) is 5.76. The van der Waals surface area contributed by atoms with Gasteiger partial charge in [0.05, 0.1) is 18.4 Å². The number of methoxy groups -OCH3 is 1. The summed E-state index contributed by atoms with van der Waals surface area (Å²) in [6.45, 7) is 5.86. The molecule has 0 saturated carbocycles. The van der Waals surface area contributed by atoms with Gasteiger partial charge in [-0.2, -0.15) is 5.10 Å². The first kappa shape index (κ1) is 13.8. The number of ketones is 1. The molecule has 0 aliphatic heterocycles. The predicted molar refractivity (Wildman–Crippen MR) is 69.9 cm³/mol. The predicted octanol–water partition coefficient (Wildman–Crippen LogP) is 1.92. The summed E-state index contributed by atoms with van der Waals surface area (Å²) in [6, 6.07) is 0. The maximum absolute atomic E-state index is 12.6. The third-order valence-corrected chi connectivity index (χ3v) is 3.76. The molecule has 0 spiro atoms. The number of hydrogen-bond donors (Lipinski definition) is 1. The maximum Gasteiger partial charge on any atom is 0.317 e. The molecule has 1 atom stereocenters. The number of fused-ring (bicyclic) bond motifs is 1. The normalized spacial score (nSPS) is 21.1. The summed E-state index contributed by atoms with van der Waals surface area (Å²) in [7, 11) is 1.32. The van der Waals surface area contributed by atoms with E-state index in [2.05, 4.69) is 10.2 Å². The Balaban J connectivity index is 2.48. The summed E-state index contributed by atoms with van der Waals surface area (Å²) < 4.78 is 4.80. The van der Waals surface area contributed by atoms with Crippen molar-refractivity contribution in [2.75, 3.05) is 7.11 Å². The van der Waals surface area contributed by atoms with E-state index in [0.29, 0.717) is 12.0 Å². The minimum absolute atomic E-state index is 0.157. The Bertz CT molecular complexity index is 517. The fourth-order valence-electron chi connectivity index (χ4n) is 2.86. The zero-order valence-corrected chi connectivity index (χ0v) is 11.9. The lowest BCUT2D eigenvalue weighted by Crippen LogP contribution is -2.43. The van der Waals surface area contributed by atoms with Crippen molar-refractivity contribution in [1.82, 2.24) is 10.2 Å². The van der Waals surface area contributed by atoms with Crippen molar-refractivity contribution in [3.8, 4) is 0 Å². The van der Waals surface area contributed by atoms with E-state index < -0.39 is 17.3 Å². The second-order valence-electron chi connectivity index (χ2n) is 5.76. The van der Waals surface area contributed by atoms with Crippen LogP contribution in [0.1, 0.15) is 48.9 Å². The number of nitrogens with zero attached hydrogens (tertiary/aromatic N) is 1. The van der Waals surface area contributed by atoms with Gasteiger partial charge in [0.1, 0.15) is 5.92 Å². The van der Waals surface area contributed by atoms with Crippen LogP contribution in [0.25, 0.3) is 0 Å². The summed E-state index contributed by atoms with van der Waals surface area (Å²) >= 11 is 0. The fraction of sp³-hybridized carbons (Fsp3) is 0.643. The van der Waals surface area contributed by atoms with Gasteiger partial charge < -0.3 is 4.74 Å². The van der Waals surface area contributed by atoms with Gasteiger partial charge in [-0.25, -0.2) is 0 Å². The van der Waals surface area contributed by atoms with Crippen LogP contribution in [0.5, 0.6) is 0 Å². The summed E-state index contributed by atoms with van der Waals surface area (Å²) in [5.41, 5.74) is 1.77. The summed E-state index contributed by atoms with van der Waals surface area (Å²) in [5, 5.41) is 7.18. The van der Waals surface area contributed by atoms with Crippen LogP contribution in [0.15, 0.2) is 0 Å². The number of H-pyrrole nitrogens is 1. The molecular formula is C14H20N2O3. The van der Waals surface area contributed by atoms with E-state index in [1.807, 2.05) is 20.8 Å². The Morgan fingerprint density at radius 1 is 1.53 bits per heavy atom. The van der Waals surface area contributed by atoms with E-state index >= 15 is 0 Å². The van der Waals surface area contributed by atoms with E-state index in [4.69, 9.17) is 4.74 Å². The Kier molecular flexibility index (Phi) is 3.47. The molecule has 5 nitrogen and oxygen atoms in total. The maximum atomic E-state index is 12.6. The van der Waals surface area contributed by atoms with Gasteiger partial charge in [-0.05, 0) is 18.3 Å². The number of esters is 1. The Labute approximate surface area is 112 Å². The molecular weight excluding hydrogens is 244 g/mol. The molecule has 1 aliphatic carbocycles. The van der Waals surface area contributed by atoms with Crippen molar-refractivity contribution >= 4 is 11.8 Å². The fourth-order valence-corrected chi connectivity index (χ4v) is 2.86. The lowest BCUT2D eigenvalue weighted by atomic mass is 9.67. The standard InChI is InChI=1S/C14H20N2O3/c1-5-6-8-10-9(16-15-8)7-14(2,3)11(12(10)17)13(18)19-4/h11H,5-7H2,1-4H3,(H,15,16)/t11-/m1/s1. The molecule has 1 aromatic rings. The number of aromatic nitrogens is 2. The third kappa shape index (κ3) is 2.17. The third-order valence-electron chi connectivity index (χ3n) is 3.76. The zero-order valence-electron chi connectivity index (χ0n) is 11.9. The molecule has 0 bridgehead atoms. The van der Waals surface area contributed by atoms with E-state index in [0.717, 1.165) is 24.2 Å². The molecule has 1 heterocycles. The van der Waals surface area contributed by atoms with Crippen molar-refractivity contribution in [1.29, 1.82) is 0 Å². The monoisotopic (exact) mass is 264 g/mol. The molecule has 0 fully saturated rings. The van der Waals surface area contributed by atoms with Gasteiger partial charge in [-0.15, -0.1) is 0 Å². The van der Waals surface area contributed by atoms with Gasteiger partial charge in [0.2, 0.25) is 0 Å². The Hall–Kier alpha value is -1.65. The number of hydrogen-bond acceptors (Lipinski definition) is 4. The first-order chi connectivity index (χ1) is 8.92. The van der Waals surface area contributed by atoms with Gasteiger partial charge in [0.25, 0.3) is 0 Å². The molecule has 1 N–H and O–H groups in total. The quantitative estimate of drug-likeness (QED) is 0.668. The SMILES string of the molecule is CCCc1n[nH]c2c1C(=O)[C@H](C(=O)OC)C(C)(C)C2. The smallest absolute Gasteiger partial charge is 0.317 e. The minimum Gasteiger partial charge on any atom is -0.468 e. The van der Waals surface area contributed by atoms with E-state index in [1.165, 1.54) is 7.11 Å². The number of ether oxygens (including phenoxy) is 1. The van der Waals surface area contributed by atoms with Gasteiger partial charge in [0, 0.05) is 5.69 Å². The molecule has 5 heteroatoms. The van der Waals surface area contributed by atoms with Crippen molar-refractivity contribution in [3.63, 3.8) is 0 Å². The second kappa shape index (κ2) is 4.79. The van der Waals surface area contributed by atoms with Crippen LogP contribution in [-0.4, -0.2) is 29.1 Å². The van der Waals surface area contributed by atoms with Crippen molar-refractivity contribution in [3.05, 3.63) is 17.0 Å². The molecule has 1 aromatic heterocycles. The van der Waals surface area contributed by atoms with Crippen LogP contribution >= 0.6 is 0 Å². The number of aryl methyl sites for hydroxylation is 1. The number of rotatable bonds is 3. The van der Waals surface area contributed by atoms with Crippen LogP contribution in [0.3, 0.4) is 0 Å². The van der Waals surface area contributed by atoms with Crippen LogP contribution < -0.4 is 0 Å². The first-order valence-electron chi connectivity index (χ1n) is 6.60. The number of carbonyl (C=O) groups excluding carboxylic acids is 2. The van der Waals surface area contributed by atoms with E-state index in [9.17, 15) is 9.59 Å². The van der Waals surface area contributed by atoms with Crippen LogP contribution in [-0.2, 0) is 22.4 Å². The van der Waals surface area contributed by atoms with Crippen molar-refractivity contribution in [2.45, 2.75) is 40.0 Å². The van der Waals surface area contributed by atoms with Gasteiger partial charge >= 0.3 is 5.97 Å². The van der Waals surface area contributed by atoms with E-state index in [1.54, 1.807) is 0 Å². The summed E-state index contributed by atoms with van der Waals surface area (Å²) in [5.74, 6) is -1.35. The highest BCUT2D eigenvalue weighted by Crippen LogP contribution is 2.40. The van der Waals surface area contributed by atoms with Crippen LogP contribution in [0, 0.1) is 11.3 Å². The molecule has 0 radical (unpaired) electrons. The average Bonchev–Trinajstić information content (AvgIpc) is 2.71. The molecule has 0 saturated heterocycles. The average molecular weight is 264 g/mol. The number of carbonyl (C=O) groups is 2. The lowest BCUT2D eigenvalue weighted by Gasteiger charge is -2.35. The first-order valence-corrected chi connectivity index (χ1v) is 6.60. The van der Waals surface area contributed by atoms with Gasteiger partial charge in [0.15, 0.2) is 5.78 Å². The number of aromatic amines is 1. The molecule has 104 valence electrons. The van der Waals surface area contributed by atoms with Crippen molar-refractivity contribution < 1.29 is 14.3 Å². The highest BCUT2D eigenvalue weighted by Gasteiger charge is 2.48. The molecule has 1 aliphatic rings. The summed E-state index contributed by atoms with van der Waals surface area (Å²) in [4.78, 5) is 24.5. The molecule has 0 aromatic carbocycles. The van der Waals surface area contributed by atoms with Crippen LogP contribution in [0.4, 0.5) is 0 Å². The van der Waals surface area contributed by atoms with Gasteiger partial charge in [-0.3, -0.25) is 14.7 Å². The highest BCUT2D eigenvalue weighted by atomic mass is 16.5. The van der Waals surface area contributed by atoms with Gasteiger partial charge in [-0.1, -0.05) is 27.2 Å². The molecule has 19 heavy (non-hydrogen) atoms. The van der Waals surface area contributed by atoms with Crippen LogP contribution in [0.2, 0.25) is 0 Å². The summed E-state index contributed by atoms with van der Waals surface area (Å²) in [6.07, 6.45) is 2.29. The molecule has 0 amide bonds. The minimum atomic E-state index is -0.738. The van der Waals surface area contributed by atoms with Crippen molar-refractivity contribution in [2.24, 2.45) is 11.3 Å². The molecule has 2 rings (SSSR count). The number of Topliss-reactive ketones (excluding diaryl/α,β-unsaturated/α-hetero) is 1. The highest BCUT2D eigenvalue weighted by molar-refractivity contribution is 6.11. The zero-order chi connectivity index (χ0) is 14.2. The Morgan fingerprint density at radius 2 is 2.21 bits per heavy atom. The topological polar surface area (TPSA) is 72.0 Å². The largest absolute Gasteiger partial charge is 0.468 e.